The molecule has 2 heterocycles. The van der Waals surface area contributed by atoms with Crippen LogP contribution in [-0.4, -0.2) is 28.7 Å². The average Bonchev–Trinajstić information content (AvgIpc) is 2.53. The maximum absolute atomic E-state index is 11.9. The van der Waals surface area contributed by atoms with Crippen LogP contribution in [0.2, 0.25) is 0 Å². The number of nitrogens with zero attached hydrogens (tertiary/aromatic N) is 3. The third-order valence-electron chi connectivity index (χ3n) is 3.65. The summed E-state index contributed by atoms with van der Waals surface area (Å²) in [6.45, 7) is 5.34. The van der Waals surface area contributed by atoms with Crippen molar-refractivity contribution >= 4 is 16.0 Å². The van der Waals surface area contributed by atoms with Crippen LogP contribution in [0.15, 0.2) is 23.3 Å². The zero-order valence-electron chi connectivity index (χ0n) is 14.3. The lowest BCUT2D eigenvalue weighted by Gasteiger charge is -2.12. The number of aryl methyl sites for hydroxylation is 3. The summed E-state index contributed by atoms with van der Waals surface area (Å²) < 4.78 is 27.4. The SMILES string of the molecule is CCCc1cnc(NS(=O)(=O)CC)nc1-c1cc(C)c(=O)n(C)c1. The van der Waals surface area contributed by atoms with Gasteiger partial charge in [-0.15, -0.1) is 0 Å². The minimum atomic E-state index is -3.45. The van der Waals surface area contributed by atoms with Crippen LogP contribution in [0.5, 0.6) is 0 Å². The number of pyridine rings is 1. The monoisotopic (exact) mass is 350 g/mol. The first kappa shape index (κ1) is 18.1. The smallest absolute Gasteiger partial charge is 0.253 e. The predicted molar refractivity (Wildman–Crippen MR) is 94.5 cm³/mol. The van der Waals surface area contributed by atoms with Gasteiger partial charge in [0, 0.05) is 30.6 Å². The van der Waals surface area contributed by atoms with Gasteiger partial charge in [0.05, 0.1) is 11.4 Å². The Balaban J connectivity index is 2.59. The quantitative estimate of drug-likeness (QED) is 0.858. The van der Waals surface area contributed by atoms with E-state index in [1.807, 2.05) is 6.92 Å². The Bertz CT molecular complexity index is 878. The maximum Gasteiger partial charge on any atom is 0.253 e. The molecule has 7 nitrogen and oxygen atoms in total. The Morgan fingerprint density at radius 3 is 2.58 bits per heavy atom. The first-order valence-corrected chi connectivity index (χ1v) is 9.46. The molecule has 0 aromatic carbocycles. The fraction of sp³-hybridized carbons (Fsp3) is 0.438. The van der Waals surface area contributed by atoms with Crippen molar-refractivity contribution in [3.8, 4) is 11.3 Å². The zero-order chi connectivity index (χ0) is 17.9. The molecule has 2 aromatic rings. The summed E-state index contributed by atoms with van der Waals surface area (Å²) in [5, 5.41) is 0. The van der Waals surface area contributed by atoms with Gasteiger partial charge in [0.25, 0.3) is 5.56 Å². The van der Waals surface area contributed by atoms with E-state index < -0.39 is 10.0 Å². The van der Waals surface area contributed by atoms with Gasteiger partial charge in [-0.25, -0.2) is 18.4 Å². The van der Waals surface area contributed by atoms with E-state index in [0.29, 0.717) is 11.3 Å². The van der Waals surface area contributed by atoms with Gasteiger partial charge in [0.15, 0.2) is 0 Å². The van der Waals surface area contributed by atoms with E-state index >= 15 is 0 Å². The summed E-state index contributed by atoms with van der Waals surface area (Å²) >= 11 is 0. The highest BCUT2D eigenvalue weighted by Crippen LogP contribution is 2.23. The van der Waals surface area contributed by atoms with Gasteiger partial charge in [-0.2, -0.15) is 0 Å². The Labute approximate surface area is 141 Å². The Kier molecular flexibility index (Phi) is 5.38. The molecule has 2 aromatic heterocycles. The molecule has 1 N–H and O–H groups in total. The third-order valence-corrected chi connectivity index (χ3v) is 4.90. The van der Waals surface area contributed by atoms with Crippen LogP contribution in [0.25, 0.3) is 11.3 Å². The van der Waals surface area contributed by atoms with Gasteiger partial charge in [-0.3, -0.25) is 9.52 Å². The lowest BCUT2D eigenvalue weighted by atomic mass is 10.0. The van der Waals surface area contributed by atoms with Crippen molar-refractivity contribution in [3.05, 3.63) is 39.9 Å². The summed E-state index contributed by atoms with van der Waals surface area (Å²) in [6.07, 6.45) is 5.01. The molecule has 0 fully saturated rings. The highest BCUT2D eigenvalue weighted by atomic mass is 32.2. The van der Waals surface area contributed by atoms with Crippen molar-refractivity contribution in [2.75, 3.05) is 10.5 Å². The highest BCUT2D eigenvalue weighted by Gasteiger charge is 2.14. The van der Waals surface area contributed by atoms with Crippen LogP contribution in [0.4, 0.5) is 5.95 Å². The second-order valence-electron chi connectivity index (χ2n) is 5.65. The first-order chi connectivity index (χ1) is 11.3. The van der Waals surface area contributed by atoms with Crippen LogP contribution in [0.3, 0.4) is 0 Å². The van der Waals surface area contributed by atoms with E-state index in [2.05, 4.69) is 14.7 Å². The van der Waals surface area contributed by atoms with Crippen molar-refractivity contribution in [1.29, 1.82) is 0 Å². The van der Waals surface area contributed by atoms with E-state index in [-0.39, 0.29) is 17.3 Å². The molecule has 0 unspecified atom stereocenters. The summed E-state index contributed by atoms with van der Waals surface area (Å²) in [4.78, 5) is 20.4. The molecule has 0 saturated carbocycles. The van der Waals surface area contributed by atoms with Gasteiger partial charge in [0.1, 0.15) is 0 Å². The molecule has 0 bridgehead atoms. The minimum absolute atomic E-state index is 0.0400. The average molecular weight is 350 g/mol. The molecule has 24 heavy (non-hydrogen) atoms. The molecule has 0 saturated heterocycles. The van der Waals surface area contributed by atoms with Crippen molar-refractivity contribution in [2.45, 2.75) is 33.6 Å². The molecule has 0 amide bonds. The maximum atomic E-state index is 11.9. The molecule has 0 aliphatic heterocycles. The Morgan fingerprint density at radius 2 is 2.00 bits per heavy atom. The summed E-state index contributed by atoms with van der Waals surface area (Å²) in [7, 11) is -1.77. The topological polar surface area (TPSA) is 94.0 Å². The van der Waals surface area contributed by atoms with Crippen LogP contribution >= 0.6 is 0 Å². The minimum Gasteiger partial charge on any atom is -0.318 e. The molecule has 130 valence electrons. The number of nitrogens with one attached hydrogen (secondary N) is 1. The van der Waals surface area contributed by atoms with Crippen molar-refractivity contribution in [2.24, 2.45) is 7.05 Å². The van der Waals surface area contributed by atoms with Crippen LogP contribution in [0.1, 0.15) is 31.4 Å². The van der Waals surface area contributed by atoms with Crippen molar-refractivity contribution in [1.82, 2.24) is 14.5 Å². The second-order valence-corrected chi connectivity index (χ2v) is 7.66. The summed E-state index contributed by atoms with van der Waals surface area (Å²) in [5.41, 5.74) is 2.84. The van der Waals surface area contributed by atoms with Crippen LogP contribution < -0.4 is 10.3 Å². The Hall–Kier alpha value is -2.22. The molecule has 0 spiro atoms. The van der Waals surface area contributed by atoms with Crippen molar-refractivity contribution < 1.29 is 8.42 Å². The van der Waals surface area contributed by atoms with E-state index in [9.17, 15) is 13.2 Å². The van der Waals surface area contributed by atoms with Gasteiger partial charge >= 0.3 is 0 Å². The molecular weight excluding hydrogens is 328 g/mol. The second kappa shape index (κ2) is 7.12. The molecule has 0 aliphatic rings. The number of hydrogen-bond donors (Lipinski definition) is 1. The van der Waals surface area contributed by atoms with Crippen LogP contribution in [0, 0.1) is 6.92 Å². The lowest BCUT2D eigenvalue weighted by molar-refractivity contribution is 0.602. The molecule has 2 rings (SSSR count). The molecule has 0 aliphatic carbocycles. The predicted octanol–water partition coefficient (Wildman–Crippen LogP) is 1.86. The molecular formula is C16H22N4O3S. The van der Waals surface area contributed by atoms with Gasteiger partial charge in [-0.05, 0) is 31.9 Å². The summed E-state index contributed by atoms with van der Waals surface area (Å²) in [5.74, 6) is -0.0142. The number of anilines is 1. The fourth-order valence-corrected chi connectivity index (χ4v) is 2.90. The zero-order valence-corrected chi connectivity index (χ0v) is 15.1. The van der Waals surface area contributed by atoms with Crippen molar-refractivity contribution in [3.63, 3.8) is 0 Å². The molecule has 0 radical (unpaired) electrons. The number of rotatable bonds is 6. The largest absolute Gasteiger partial charge is 0.318 e. The standard InChI is InChI=1S/C16H22N4O3S/c1-5-7-12-9-17-16(19-24(22,23)6-2)18-14(12)13-8-11(3)15(21)20(4)10-13/h8-10H,5-7H2,1-4H3,(H,17,18,19). The number of sulfonamides is 1. The highest BCUT2D eigenvalue weighted by molar-refractivity contribution is 7.92. The lowest BCUT2D eigenvalue weighted by Crippen LogP contribution is -2.19. The molecule has 0 atom stereocenters. The van der Waals surface area contributed by atoms with Gasteiger partial charge < -0.3 is 4.57 Å². The van der Waals surface area contributed by atoms with Crippen LogP contribution in [-0.2, 0) is 23.5 Å². The van der Waals surface area contributed by atoms with Gasteiger partial charge in [0.2, 0.25) is 16.0 Å². The third kappa shape index (κ3) is 4.00. The fourth-order valence-electron chi connectivity index (χ4n) is 2.38. The van der Waals surface area contributed by atoms with E-state index in [1.165, 1.54) is 4.57 Å². The van der Waals surface area contributed by atoms with E-state index in [0.717, 1.165) is 24.0 Å². The van der Waals surface area contributed by atoms with E-state index in [4.69, 9.17) is 0 Å². The Morgan fingerprint density at radius 1 is 1.29 bits per heavy atom. The molecule has 8 heteroatoms. The van der Waals surface area contributed by atoms with Gasteiger partial charge in [-0.1, -0.05) is 13.3 Å². The number of aromatic nitrogens is 3. The number of hydrogen-bond acceptors (Lipinski definition) is 5. The summed E-state index contributed by atoms with van der Waals surface area (Å²) in [6, 6.07) is 1.77. The normalized spacial score (nSPS) is 11.5. The van der Waals surface area contributed by atoms with E-state index in [1.54, 1.807) is 39.4 Å². The first-order valence-electron chi connectivity index (χ1n) is 7.81.